The van der Waals surface area contributed by atoms with Crippen LogP contribution in [0.15, 0.2) is 83.8 Å². The first kappa shape index (κ1) is 21.0. The number of nitrogens with zero attached hydrogens (tertiary/aromatic N) is 1. The molecule has 0 atom stereocenters. The maximum absolute atomic E-state index is 13.3. The van der Waals surface area contributed by atoms with Crippen LogP contribution < -0.4 is 10.9 Å². The third-order valence-corrected chi connectivity index (χ3v) is 5.07. The molecule has 0 aliphatic heterocycles. The van der Waals surface area contributed by atoms with Crippen molar-refractivity contribution >= 4 is 28.3 Å². The fourth-order valence-electron chi connectivity index (χ4n) is 3.47. The highest BCUT2D eigenvalue weighted by Gasteiger charge is 2.09. The molecule has 160 valence electrons. The number of hydrogen-bond donors (Lipinski definition) is 2. The van der Waals surface area contributed by atoms with E-state index < -0.39 is 11.8 Å². The van der Waals surface area contributed by atoms with E-state index >= 15 is 0 Å². The van der Waals surface area contributed by atoms with Crippen molar-refractivity contribution in [1.29, 1.82) is 0 Å². The highest BCUT2D eigenvalue weighted by atomic mass is 19.1. The Morgan fingerprint density at radius 1 is 0.938 bits per heavy atom. The third kappa shape index (κ3) is 4.73. The molecule has 7 heteroatoms. The highest BCUT2D eigenvalue weighted by molar-refractivity contribution is 5.95. The molecule has 2 N–H and O–H groups in total. The minimum Gasteiger partial charge on any atom is -0.478 e. The lowest BCUT2D eigenvalue weighted by molar-refractivity contribution is -0.115. The third-order valence-electron chi connectivity index (χ3n) is 5.07. The van der Waals surface area contributed by atoms with Gasteiger partial charge in [0.25, 0.3) is 5.56 Å². The van der Waals surface area contributed by atoms with Gasteiger partial charge < -0.3 is 15.0 Å². The lowest BCUT2D eigenvalue weighted by Crippen LogP contribution is -2.20. The smallest absolute Gasteiger partial charge is 0.335 e. The Balaban J connectivity index is 1.55. The zero-order valence-corrected chi connectivity index (χ0v) is 16.9. The van der Waals surface area contributed by atoms with Gasteiger partial charge >= 0.3 is 5.97 Å². The van der Waals surface area contributed by atoms with E-state index in [2.05, 4.69) is 5.32 Å². The van der Waals surface area contributed by atoms with Crippen LogP contribution in [0.1, 0.15) is 21.5 Å². The van der Waals surface area contributed by atoms with Crippen LogP contribution in [-0.4, -0.2) is 21.6 Å². The number of benzene rings is 3. The number of carbonyl (C=O) groups excluding carboxylic acids is 1. The number of carboxylic acids is 1. The average Bonchev–Trinajstić information content (AvgIpc) is 2.76. The lowest BCUT2D eigenvalue weighted by atomic mass is 10.1. The van der Waals surface area contributed by atoms with Gasteiger partial charge in [-0.05, 0) is 59.0 Å². The number of pyridine rings is 1. The molecule has 0 unspecified atom stereocenters. The Morgan fingerprint density at radius 3 is 2.44 bits per heavy atom. The van der Waals surface area contributed by atoms with Crippen LogP contribution in [-0.2, 0) is 17.8 Å². The fraction of sp³-hybridized carbons (Fsp3) is 0.0800. The zero-order valence-electron chi connectivity index (χ0n) is 16.9. The van der Waals surface area contributed by atoms with Crippen molar-refractivity contribution in [2.45, 2.75) is 13.0 Å². The van der Waals surface area contributed by atoms with Gasteiger partial charge in [-0.2, -0.15) is 0 Å². The van der Waals surface area contributed by atoms with E-state index in [1.807, 2.05) is 0 Å². The Labute approximate surface area is 182 Å². The molecule has 0 radical (unpaired) electrons. The summed E-state index contributed by atoms with van der Waals surface area (Å²) in [5, 5.41) is 12.9. The number of amides is 1. The van der Waals surface area contributed by atoms with Crippen molar-refractivity contribution < 1.29 is 19.1 Å². The van der Waals surface area contributed by atoms with Crippen LogP contribution in [0.2, 0.25) is 0 Å². The number of rotatable bonds is 6. The topological polar surface area (TPSA) is 88.4 Å². The van der Waals surface area contributed by atoms with Crippen LogP contribution >= 0.6 is 0 Å². The lowest BCUT2D eigenvalue weighted by Gasteiger charge is -2.10. The number of carboxylic acid groups (broad SMARTS) is 1. The summed E-state index contributed by atoms with van der Waals surface area (Å²) in [5.74, 6) is -1.73. The van der Waals surface area contributed by atoms with E-state index in [1.54, 1.807) is 54.7 Å². The van der Waals surface area contributed by atoms with E-state index in [-0.39, 0.29) is 30.0 Å². The van der Waals surface area contributed by atoms with Crippen molar-refractivity contribution in [1.82, 2.24) is 4.57 Å². The molecule has 4 rings (SSSR count). The van der Waals surface area contributed by atoms with Gasteiger partial charge in [0.15, 0.2) is 0 Å². The Hall–Kier alpha value is -4.26. The van der Waals surface area contributed by atoms with Crippen LogP contribution in [0.3, 0.4) is 0 Å². The molecule has 6 nitrogen and oxygen atoms in total. The van der Waals surface area contributed by atoms with Gasteiger partial charge in [-0.15, -0.1) is 0 Å². The summed E-state index contributed by atoms with van der Waals surface area (Å²) in [6, 6.07) is 19.1. The SMILES string of the molecule is O=C(Cc1cccc(F)c1)Nc1ccc2ccn(Cc3ccc(C(=O)O)cc3)c(=O)c2c1. The van der Waals surface area contributed by atoms with E-state index in [4.69, 9.17) is 5.11 Å². The quantitative estimate of drug-likeness (QED) is 0.483. The molecule has 32 heavy (non-hydrogen) atoms. The van der Waals surface area contributed by atoms with Crippen molar-refractivity contribution in [3.63, 3.8) is 0 Å². The summed E-state index contributed by atoms with van der Waals surface area (Å²) >= 11 is 0. The van der Waals surface area contributed by atoms with Gasteiger partial charge in [0.2, 0.25) is 5.91 Å². The summed E-state index contributed by atoms with van der Waals surface area (Å²) in [5.41, 5.74) is 1.76. The molecule has 0 saturated carbocycles. The largest absolute Gasteiger partial charge is 0.478 e. The maximum Gasteiger partial charge on any atom is 0.335 e. The Bertz CT molecular complexity index is 1380. The van der Waals surface area contributed by atoms with Crippen LogP contribution in [0.4, 0.5) is 10.1 Å². The molecule has 0 aliphatic carbocycles. The second-order valence-electron chi connectivity index (χ2n) is 7.41. The molecule has 1 amide bonds. The van der Waals surface area contributed by atoms with E-state index in [0.29, 0.717) is 16.6 Å². The average molecular weight is 430 g/mol. The molecule has 0 aliphatic rings. The number of carbonyl (C=O) groups is 2. The minimum atomic E-state index is -1.01. The predicted molar refractivity (Wildman–Crippen MR) is 119 cm³/mol. The Kier molecular flexibility index (Phi) is 5.81. The van der Waals surface area contributed by atoms with Crippen molar-refractivity contribution in [2.24, 2.45) is 0 Å². The molecule has 0 spiro atoms. The second-order valence-corrected chi connectivity index (χ2v) is 7.41. The maximum atomic E-state index is 13.3. The molecule has 0 bridgehead atoms. The minimum absolute atomic E-state index is 0.0150. The van der Waals surface area contributed by atoms with Gasteiger partial charge in [-0.25, -0.2) is 9.18 Å². The molecule has 3 aromatic carbocycles. The number of aromatic nitrogens is 1. The Morgan fingerprint density at radius 2 is 1.72 bits per heavy atom. The van der Waals surface area contributed by atoms with Crippen LogP contribution in [0.25, 0.3) is 10.8 Å². The van der Waals surface area contributed by atoms with Crippen molar-refractivity contribution in [3.8, 4) is 0 Å². The number of aromatic carboxylic acids is 1. The first-order valence-corrected chi connectivity index (χ1v) is 9.89. The normalized spacial score (nSPS) is 10.8. The van der Waals surface area contributed by atoms with Crippen molar-refractivity contribution in [2.75, 3.05) is 5.32 Å². The molecular weight excluding hydrogens is 411 g/mol. The number of anilines is 1. The monoisotopic (exact) mass is 430 g/mol. The fourth-order valence-corrected chi connectivity index (χ4v) is 3.47. The summed E-state index contributed by atoms with van der Waals surface area (Å²) in [7, 11) is 0. The van der Waals surface area contributed by atoms with Gasteiger partial charge in [0.05, 0.1) is 18.5 Å². The first-order valence-electron chi connectivity index (χ1n) is 9.89. The number of fused-ring (bicyclic) bond motifs is 1. The van der Waals surface area contributed by atoms with E-state index in [1.165, 1.54) is 28.8 Å². The predicted octanol–water partition coefficient (Wildman–Crippen LogP) is 4.07. The van der Waals surface area contributed by atoms with Gasteiger partial charge in [0, 0.05) is 17.3 Å². The number of nitrogens with one attached hydrogen (secondary N) is 1. The molecule has 0 fully saturated rings. The summed E-state index contributed by atoms with van der Waals surface area (Å²) in [4.78, 5) is 36.3. The van der Waals surface area contributed by atoms with Gasteiger partial charge in [-0.1, -0.05) is 30.3 Å². The summed E-state index contributed by atoms with van der Waals surface area (Å²) in [6.07, 6.45) is 1.69. The standard InChI is InChI=1S/C25H19FN2O4/c26-20-3-1-2-17(12-20)13-23(29)27-21-9-8-18-10-11-28(24(30)22(18)14-21)15-16-4-6-19(7-5-16)25(31)32/h1-12,14H,13,15H2,(H,27,29)(H,31,32). The number of hydrogen-bond acceptors (Lipinski definition) is 3. The summed E-state index contributed by atoms with van der Waals surface area (Å²) in [6.45, 7) is 0.283. The van der Waals surface area contributed by atoms with E-state index in [0.717, 1.165) is 10.9 Å². The molecule has 1 aromatic heterocycles. The zero-order chi connectivity index (χ0) is 22.7. The van der Waals surface area contributed by atoms with Crippen LogP contribution in [0.5, 0.6) is 0 Å². The molecule has 4 aromatic rings. The van der Waals surface area contributed by atoms with Crippen LogP contribution in [0, 0.1) is 5.82 Å². The summed E-state index contributed by atoms with van der Waals surface area (Å²) < 4.78 is 14.8. The second kappa shape index (κ2) is 8.85. The molecule has 1 heterocycles. The number of halogens is 1. The first-order chi connectivity index (χ1) is 15.4. The van der Waals surface area contributed by atoms with Crippen molar-refractivity contribution in [3.05, 3.63) is 112 Å². The molecule has 0 saturated heterocycles. The van der Waals surface area contributed by atoms with E-state index in [9.17, 15) is 18.8 Å². The molecular formula is C25H19FN2O4. The van der Waals surface area contributed by atoms with Gasteiger partial charge in [0.1, 0.15) is 5.82 Å². The van der Waals surface area contributed by atoms with Gasteiger partial charge in [-0.3, -0.25) is 9.59 Å². The highest BCUT2D eigenvalue weighted by Crippen LogP contribution is 2.17.